The molecule has 0 bridgehead atoms. The van der Waals surface area contributed by atoms with Gasteiger partial charge in [0, 0.05) is 44.7 Å². The first-order chi connectivity index (χ1) is 18.8. The second kappa shape index (κ2) is 11.4. The van der Waals surface area contributed by atoms with E-state index in [1.807, 2.05) is 30.3 Å². The minimum Gasteiger partial charge on any atom is -0.357 e. The predicted molar refractivity (Wildman–Crippen MR) is 159 cm³/mol. The number of rotatable bonds is 8. The topological polar surface area (TPSA) is 89.2 Å². The van der Waals surface area contributed by atoms with Gasteiger partial charge in [0.15, 0.2) is 5.50 Å². The quantitative estimate of drug-likeness (QED) is 0.134. The molecule has 1 saturated heterocycles. The third-order valence-corrected chi connectivity index (χ3v) is 8.57. The van der Waals surface area contributed by atoms with Crippen LogP contribution in [0.5, 0.6) is 0 Å². The van der Waals surface area contributed by atoms with Gasteiger partial charge in [-0.3, -0.25) is 14.9 Å². The molecule has 0 aliphatic carbocycles. The third kappa shape index (κ3) is 6.05. The zero-order valence-electron chi connectivity index (χ0n) is 21.8. The highest BCUT2D eigenvalue weighted by Gasteiger charge is 2.27. The lowest BCUT2D eigenvalue weighted by Gasteiger charge is -2.12. The Balaban J connectivity index is 1.29. The van der Waals surface area contributed by atoms with Gasteiger partial charge in [0.05, 0.1) is 9.83 Å². The van der Waals surface area contributed by atoms with Crippen LogP contribution in [-0.2, 0) is 11.2 Å². The second-order valence-electron chi connectivity index (χ2n) is 9.18. The fraction of sp³-hybridized carbons (Fsp3) is 0.167. The molecule has 0 radical (unpaired) electrons. The first-order valence-corrected chi connectivity index (χ1v) is 14.3. The van der Waals surface area contributed by atoms with Crippen LogP contribution in [0.4, 0.5) is 11.4 Å². The van der Waals surface area contributed by atoms with Crippen LogP contribution in [0.3, 0.4) is 0 Å². The van der Waals surface area contributed by atoms with Gasteiger partial charge in [-0.25, -0.2) is 0 Å². The van der Waals surface area contributed by atoms with Gasteiger partial charge in [-0.1, -0.05) is 42.6 Å². The summed E-state index contributed by atoms with van der Waals surface area (Å²) in [5, 5.41) is 17.3. The van der Waals surface area contributed by atoms with Crippen LogP contribution in [0.2, 0.25) is 0 Å². The van der Waals surface area contributed by atoms with Crippen molar-refractivity contribution >= 4 is 46.9 Å². The van der Waals surface area contributed by atoms with Gasteiger partial charge in [-0.15, -0.1) is 0 Å². The smallest absolute Gasteiger partial charge is 0.269 e. The Morgan fingerprint density at radius 3 is 2.28 bits per heavy atom. The highest BCUT2D eigenvalue weighted by atomic mass is 32.2. The molecule has 1 aliphatic rings. The number of hydrogen-bond acceptors (Lipinski definition) is 6. The molecule has 2 N–H and O–H groups in total. The molecule has 2 heterocycles. The van der Waals surface area contributed by atoms with Crippen molar-refractivity contribution < 1.29 is 9.72 Å². The van der Waals surface area contributed by atoms with E-state index in [0.717, 1.165) is 44.5 Å². The molecule has 5 rings (SSSR count). The number of nitro groups is 1. The number of thioether (sulfide) groups is 1. The maximum absolute atomic E-state index is 12.7. The van der Waals surface area contributed by atoms with Crippen molar-refractivity contribution in [3.05, 3.63) is 116 Å². The van der Waals surface area contributed by atoms with E-state index in [1.54, 1.807) is 23.9 Å². The molecule has 198 valence electrons. The van der Waals surface area contributed by atoms with Crippen LogP contribution in [-0.4, -0.2) is 20.9 Å². The zero-order chi connectivity index (χ0) is 27.5. The summed E-state index contributed by atoms with van der Waals surface area (Å²) in [5.74, 6) is -0.0832. The third-order valence-electron chi connectivity index (χ3n) is 6.53. The van der Waals surface area contributed by atoms with Crippen LogP contribution in [0.25, 0.3) is 11.8 Å². The number of aryl methyl sites for hydroxylation is 2. The number of nitro benzene ring substituents is 1. The minimum absolute atomic E-state index is 0.0832. The maximum Gasteiger partial charge on any atom is 0.269 e. The normalized spacial score (nSPS) is 15.9. The monoisotopic (exact) mass is 556 g/mol. The van der Waals surface area contributed by atoms with Crippen LogP contribution in [0.15, 0.2) is 93.6 Å². The lowest BCUT2D eigenvalue weighted by molar-refractivity contribution is -0.384. The van der Waals surface area contributed by atoms with Gasteiger partial charge < -0.3 is 15.2 Å². The van der Waals surface area contributed by atoms with E-state index in [9.17, 15) is 14.9 Å². The van der Waals surface area contributed by atoms with Crippen molar-refractivity contribution in [1.29, 1.82) is 0 Å². The summed E-state index contributed by atoms with van der Waals surface area (Å²) in [7, 11) is 0. The van der Waals surface area contributed by atoms with Gasteiger partial charge in [0.25, 0.3) is 11.6 Å². The Labute approximate surface area is 235 Å². The van der Waals surface area contributed by atoms with Crippen molar-refractivity contribution in [3.8, 4) is 5.69 Å². The van der Waals surface area contributed by atoms with E-state index in [4.69, 9.17) is 0 Å². The lowest BCUT2D eigenvalue weighted by Crippen LogP contribution is -2.30. The van der Waals surface area contributed by atoms with E-state index in [2.05, 4.69) is 66.3 Å². The maximum atomic E-state index is 12.7. The highest BCUT2D eigenvalue weighted by Crippen LogP contribution is 2.33. The van der Waals surface area contributed by atoms with Gasteiger partial charge in [-0.2, -0.15) is 0 Å². The number of carbonyl (C=O) groups is 1. The van der Waals surface area contributed by atoms with E-state index >= 15 is 0 Å². The molecule has 39 heavy (non-hydrogen) atoms. The van der Waals surface area contributed by atoms with E-state index in [1.165, 1.54) is 29.5 Å². The average Bonchev–Trinajstić information content (AvgIpc) is 3.42. The number of nitrogens with one attached hydrogen (secondary N) is 2. The zero-order valence-corrected chi connectivity index (χ0v) is 23.4. The molecule has 0 spiro atoms. The number of benzene rings is 3. The lowest BCUT2D eigenvalue weighted by atomic mass is 10.1. The van der Waals surface area contributed by atoms with Crippen LogP contribution in [0.1, 0.15) is 29.4 Å². The van der Waals surface area contributed by atoms with E-state index in [-0.39, 0.29) is 17.1 Å². The Morgan fingerprint density at radius 2 is 1.67 bits per heavy atom. The number of nitrogens with zero attached hydrogens (tertiary/aromatic N) is 2. The Bertz CT molecular complexity index is 1540. The minimum atomic E-state index is -0.394. The fourth-order valence-corrected chi connectivity index (χ4v) is 6.25. The Morgan fingerprint density at radius 1 is 1.03 bits per heavy atom. The fourth-order valence-electron chi connectivity index (χ4n) is 4.46. The average molecular weight is 557 g/mol. The van der Waals surface area contributed by atoms with Crippen molar-refractivity contribution in [3.63, 3.8) is 0 Å². The van der Waals surface area contributed by atoms with Gasteiger partial charge in [0.2, 0.25) is 0 Å². The summed E-state index contributed by atoms with van der Waals surface area (Å²) in [6.07, 6.45) is 2.95. The number of anilines is 1. The summed E-state index contributed by atoms with van der Waals surface area (Å²) < 4.78 is 2.18. The number of hydrogen-bond donors (Lipinski definition) is 2. The summed E-state index contributed by atoms with van der Waals surface area (Å²) in [4.78, 5) is 25.8. The first kappa shape index (κ1) is 26.6. The summed E-state index contributed by atoms with van der Waals surface area (Å²) >= 11 is 3.04. The molecule has 4 aromatic rings. The molecule has 1 aliphatic heterocycles. The molecule has 0 saturated carbocycles. The highest BCUT2D eigenvalue weighted by molar-refractivity contribution is 8.05. The summed E-state index contributed by atoms with van der Waals surface area (Å²) in [6, 6.07) is 25.1. The van der Waals surface area contributed by atoms with Gasteiger partial charge in [0.1, 0.15) is 0 Å². The standard InChI is InChI=1S/C30H28N4O3S2/c1-4-21-5-7-23(8-6-21)31-30-32-29(35)28(39-30)18-22-17-19(2)33(20(22)3)24-9-13-26(14-10-24)38-27-15-11-25(12-16-27)34(36)37/h5-18,30-31H,4H2,1-3H3,(H,32,35)/b28-18-/t30-/m1/s1. The second-order valence-corrected chi connectivity index (χ2v) is 11.5. The van der Waals surface area contributed by atoms with Gasteiger partial charge >= 0.3 is 0 Å². The largest absolute Gasteiger partial charge is 0.357 e. The molecular weight excluding hydrogens is 528 g/mol. The number of amides is 1. The van der Waals surface area contributed by atoms with Crippen molar-refractivity contribution in [2.75, 3.05) is 5.32 Å². The molecule has 7 nitrogen and oxygen atoms in total. The number of non-ortho nitro benzene ring substituents is 1. The number of carbonyl (C=O) groups excluding carboxylic acids is 1. The predicted octanol–water partition coefficient (Wildman–Crippen LogP) is 7.32. The molecule has 1 amide bonds. The van der Waals surface area contributed by atoms with E-state index in [0.29, 0.717) is 4.91 Å². The van der Waals surface area contributed by atoms with Crippen LogP contribution >= 0.6 is 23.5 Å². The molecule has 9 heteroatoms. The molecular formula is C30H28N4O3S2. The first-order valence-electron chi connectivity index (χ1n) is 12.6. The van der Waals surface area contributed by atoms with Crippen molar-refractivity contribution in [2.24, 2.45) is 0 Å². The molecule has 1 fully saturated rings. The molecule has 1 aromatic heterocycles. The van der Waals surface area contributed by atoms with Crippen molar-refractivity contribution in [1.82, 2.24) is 9.88 Å². The van der Waals surface area contributed by atoms with Crippen molar-refractivity contribution in [2.45, 2.75) is 42.5 Å². The van der Waals surface area contributed by atoms with Crippen LogP contribution < -0.4 is 10.6 Å². The Kier molecular flexibility index (Phi) is 7.81. The SMILES string of the molecule is CCc1ccc(N[C@@H]2NC(=O)/C(=C/c3cc(C)n(-c4ccc(Sc5ccc([N+](=O)[O-])cc5)cc4)c3C)S2)cc1. The van der Waals surface area contributed by atoms with Gasteiger partial charge in [-0.05, 0) is 92.1 Å². The number of aromatic nitrogens is 1. The molecule has 1 atom stereocenters. The van der Waals surface area contributed by atoms with Crippen LogP contribution in [0, 0.1) is 24.0 Å². The molecule has 3 aromatic carbocycles. The summed E-state index contributed by atoms with van der Waals surface area (Å²) in [6.45, 7) is 6.24. The van der Waals surface area contributed by atoms with E-state index < -0.39 is 4.92 Å². The Hall–Kier alpha value is -3.95. The molecule has 0 unspecified atom stereocenters. The summed E-state index contributed by atoms with van der Waals surface area (Å²) in [5.41, 5.74) is 6.27.